The van der Waals surface area contributed by atoms with Gasteiger partial charge in [0.2, 0.25) is 0 Å². The summed E-state index contributed by atoms with van der Waals surface area (Å²) in [5, 5.41) is 10.2. The molecular formula is C27H25FN2O5S. The molecule has 2 saturated heterocycles. The van der Waals surface area contributed by atoms with Gasteiger partial charge >= 0.3 is 0 Å². The van der Waals surface area contributed by atoms with Crippen LogP contribution in [-0.2, 0) is 20.3 Å². The van der Waals surface area contributed by atoms with Gasteiger partial charge in [-0.2, -0.15) is 0 Å². The van der Waals surface area contributed by atoms with Crippen molar-refractivity contribution in [3.8, 4) is 28.3 Å². The largest absolute Gasteiger partial charge is 0.470 e. The zero-order valence-corrected chi connectivity index (χ0v) is 20.5. The molecule has 0 bridgehead atoms. The average molecular weight is 509 g/mol. The fourth-order valence-electron chi connectivity index (χ4n) is 4.91. The monoisotopic (exact) mass is 508 g/mol. The van der Waals surface area contributed by atoms with Gasteiger partial charge in [-0.25, -0.2) is 9.37 Å². The summed E-state index contributed by atoms with van der Waals surface area (Å²) in [6, 6.07) is 18.2. The molecule has 2 aliphatic rings. The first-order chi connectivity index (χ1) is 17.3. The van der Waals surface area contributed by atoms with Crippen LogP contribution in [-0.4, -0.2) is 62.7 Å². The summed E-state index contributed by atoms with van der Waals surface area (Å²) < 4.78 is 44.2. The molecule has 2 aromatic heterocycles. The van der Waals surface area contributed by atoms with E-state index in [9.17, 15) is 9.32 Å². The Labute approximate surface area is 209 Å². The highest BCUT2D eigenvalue weighted by molar-refractivity contribution is 7.84. The molecule has 2 N–H and O–H groups in total. The smallest absolute Gasteiger partial charge is 0.193 e. The second-order valence-electron chi connectivity index (χ2n) is 9.36. The van der Waals surface area contributed by atoms with Gasteiger partial charge in [0.05, 0.1) is 24.2 Å². The molecule has 6 rings (SSSR count). The Bertz CT molecular complexity index is 1460. The van der Waals surface area contributed by atoms with Gasteiger partial charge in [0.15, 0.2) is 17.8 Å². The van der Waals surface area contributed by atoms with E-state index in [1.807, 2.05) is 55.5 Å². The lowest BCUT2D eigenvalue weighted by Crippen LogP contribution is -2.45. The number of nitrogens with zero attached hydrogens (tertiary/aromatic N) is 1. The number of fused-ring (bicyclic) bond motifs is 2. The number of hydrogen-bond acceptors (Lipinski definition) is 6. The predicted octanol–water partition coefficient (Wildman–Crippen LogP) is 4.07. The van der Waals surface area contributed by atoms with Crippen LogP contribution in [0, 0.1) is 5.82 Å². The SMILES string of the molecule is CS(=O)c1ccc(-c2ccc(-c3nc4cc(O[C@@H]5CO[C@]6(C)[C@H](O)CO[C@H]56)[nH]c4cc3F)cc2)cc1. The topological polar surface area (TPSA) is 93.7 Å². The first-order valence-corrected chi connectivity index (χ1v) is 13.2. The molecule has 0 saturated carbocycles. The number of H-pyrrole nitrogens is 1. The van der Waals surface area contributed by atoms with Crippen molar-refractivity contribution < 1.29 is 27.9 Å². The highest BCUT2D eigenvalue weighted by Crippen LogP contribution is 2.39. The van der Waals surface area contributed by atoms with Crippen molar-refractivity contribution in [1.82, 2.24) is 9.97 Å². The maximum absolute atomic E-state index is 15.0. The molecule has 7 nitrogen and oxygen atoms in total. The van der Waals surface area contributed by atoms with Crippen LogP contribution in [0.1, 0.15) is 6.92 Å². The fourth-order valence-corrected chi connectivity index (χ4v) is 5.43. The van der Waals surface area contributed by atoms with E-state index in [4.69, 9.17) is 14.2 Å². The van der Waals surface area contributed by atoms with Crippen molar-refractivity contribution in [3.05, 3.63) is 66.5 Å². The van der Waals surface area contributed by atoms with Crippen LogP contribution in [0.2, 0.25) is 0 Å². The third kappa shape index (κ3) is 3.92. The Morgan fingerprint density at radius 1 is 1.08 bits per heavy atom. The Morgan fingerprint density at radius 3 is 2.44 bits per heavy atom. The summed E-state index contributed by atoms with van der Waals surface area (Å²) >= 11 is 0. The normalized spacial score (nSPS) is 26.3. The van der Waals surface area contributed by atoms with Gasteiger partial charge in [-0.1, -0.05) is 36.4 Å². The second kappa shape index (κ2) is 8.77. The number of aromatic amines is 1. The number of ether oxygens (including phenoxy) is 3. The molecule has 0 amide bonds. The molecule has 9 heteroatoms. The maximum atomic E-state index is 15.0. The van der Waals surface area contributed by atoms with Crippen molar-refractivity contribution in [2.45, 2.75) is 35.7 Å². The lowest BCUT2D eigenvalue weighted by molar-refractivity contribution is -0.0621. The minimum atomic E-state index is -1.03. The van der Waals surface area contributed by atoms with Gasteiger partial charge in [0.1, 0.15) is 23.5 Å². The lowest BCUT2D eigenvalue weighted by Gasteiger charge is -2.25. The summed E-state index contributed by atoms with van der Waals surface area (Å²) in [5.41, 5.74) is 3.15. The molecular weight excluding hydrogens is 483 g/mol. The summed E-state index contributed by atoms with van der Waals surface area (Å²) in [5.74, 6) is -0.0128. The van der Waals surface area contributed by atoms with E-state index in [1.54, 1.807) is 12.3 Å². The van der Waals surface area contributed by atoms with E-state index in [-0.39, 0.29) is 18.9 Å². The number of rotatable bonds is 5. The summed E-state index contributed by atoms with van der Waals surface area (Å²) in [4.78, 5) is 8.38. The van der Waals surface area contributed by atoms with E-state index in [1.165, 1.54) is 6.07 Å². The number of hydrogen-bond donors (Lipinski definition) is 2. The zero-order chi connectivity index (χ0) is 25.0. The zero-order valence-electron chi connectivity index (χ0n) is 19.7. The average Bonchev–Trinajstić information content (AvgIpc) is 3.51. The van der Waals surface area contributed by atoms with Gasteiger partial charge in [0.25, 0.3) is 0 Å². The number of aromatic nitrogens is 2. The Kier molecular flexibility index (Phi) is 5.68. The van der Waals surface area contributed by atoms with Crippen LogP contribution < -0.4 is 4.74 Å². The number of aliphatic hydroxyl groups excluding tert-OH is 1. The molecule has 1 unspecified atom stereocenters. The number of aliphatic hydroxyl groups is 1. The first kappa shape index (κ1) is 23.3. The van der Waals surface area contributed by atoms with E-state index >= 15 is 4.39 Å². The molecule has 2 fully saturated rings. The van der Waals surface area contributed by atoms with Crippen molar-refractivity contribution >= 4 is 21.8 Å². The molecule has 2 aliphatic heterocycles. The molecule has 4 heterocycles. The molecule has 0 radical (unpaired) electrons. The van der Waals surface area contributed by atoms with Crippen LogP contribution in [0.3, 0.4) is 0 Å². The van der Waals surface area contributed by atoms with Crippen LogP contribution in [0.25, 0.3) is 33.4 Å². The minimum Gasteiger partial charge on any atom is -0.470 e. The standard InChI is InChI=1S/C27H25FN2O5S/c1-27-23(31)14-33-26(27)22(13-34-27)35-24-12-21-20(29-24)11-19(28)25(30-21)17-5-3-15(4-6-17)16-7-9-18(10-8-16)36(2)32/h3-12,22-23,26,29,31H,13-14H2,1-2H3/t22-,23-,26-,27-,36?/m1/s1. The van der Waals surface area contributed by atoms with Gasteiger partial charge in [-0.3, -0.25) is 4.21 Å². The number of benzene rings is 2. The van der Waals surface area contributed by atoms with E-state index < -0.39 is 40.5 Å². The van der Waals surface area contributed by atoms with Crippen LogP contribution in [0.4, 0.5) is 4.39 Å². The van der Waals surface area contributed by atoms with Crippen LogP contribution in [0.5, 0.6) is 5.88 Å². The molecule has 186 valence electrons. The fraction of sp³-hybridized carbons (Fsp3) is 0.296. The minimum absolute atomic E-state index is 0.202. The molecule has 0 aliphatic carbocycles. The maximum Gasteiger partial charge on any atom is 0.193 e. The van der Waals surface area contributed by atoms with Gasteiger partial charge < -0.3 is 24.3 Å². The van der Waals surface area contributed by atoms with Crippen LogP contribution in [0.15, 0.2) is 65.6 Å². The van der Waals surface area contributed by atoms with E-state index in [0.717, 1.165) is 16.0 Å². The lowest BCUT2D eigenvalue weighted by atomic mass is 9.95. The molecule has 36 heavy (non-hydrogen) atoms. The van der Waals surface area contributed by atoms with Crippen molar-refractivity contribution in [3.63, 3.8) is 0 Å². The molecule has 4 aromatic rings. The van der Waals surface area contributed by atoms with Gasteiger partial charge in [0, 0.05) is 39.6 Å². The van der Waals surface area contributed by atoms with E-state index in [0.29, 0.717) is 22.5 Å². The summed E-state index contributed by atoms with van der Waals surface area (Å²) in [6.07, 6.45) is 0.154. The van der Waals surface area contributed by atoms with Crippen molar-refractivity contribution in [1.29, 1.82) is 0 Å². The first-order valence-electron chi connectivity index (χ1n) is 11.7. The number of halogens is 1. The number of nitrogens with one attached hydrogen (secondary N) is 1. The third-order valence-electron chi connectivity index (χ3n) is 7.04. The second-order valence-corrected chi connectivity index (χ2v) is 10.7. The van der Waals surface area contributed by atoms with Crippen molar-refractivity contribution in [2.24, 2.45) is 0 Å². The van der Waals surface area contributed by atoms with Gasteiger partial charge in [-0.05, 0) is 30.2 Å². The predicted molar refractivity (Wildman–Crippen MR) is 134 cm³/mol. The molecule has 0 spiro atoms. The summed E-state index contributed by atoms with van der Waals surface area (Å²) in [6.45, 7) is 2.31. The van der Waals surface area contributed by atoms with Crippen molar-refractivity contribution in [2.75, 3.05) is 19.5 Å². The molecule has 2 aromatic carbocycles. The highest BCUT2D eigenvalue weighted by Gasteiger charge is 2.57. The van der Waals surface area contributed by atoms with Crippen LogP contribution >= 0.6 is 0 Å². The summed E-state index contributed by atoms with van der Waals surface area (Å²) in [7, 11) is -1.03. The van der Waals surface area contributed by atoms with Gasteiger partial charge in [-0.15, -0.1) is 0 Å². The highest BCUT2D eigenvalue weighted by atomic mass is 32.2. The Hall–Kier alpha value is -3.11. The quantitative estimate of drug-likeness (QED) is 0.422. The molecule has 5 atom stereocenters. The Balaban J connectivity index is 1.24. The Morgan fingerprint density at radius 2 is 1.75 bits per heavy atom. The third-order valence-corrected chi connectivity index (χ3v) is 7.98. The van der Waals surface area contributed by atoms with E-state index in [2.05, 4.69) is 9.97 Å². The number of pyridine rings is 1.